The lowest BCUT2D eigenvalue weighted by Gasteiger charge is -2.24. The third kappa shape index (κ3) is 4.49. The van der Waals surface area contributed by atoms with Gasteiger partial charge in [0.25, 0.3) is 0 Å². The summed E-state index contributed by atoms with van der Waals surface area (Å²) in [5.74, 6) is -0.160. The van der Waals surface area contributed by atoms with Crippen LogP contribution in [0.25, 0.3) is 0 Å². The van der Waals surface area contributed by atoms with Crippen molar-refractivity contribution in [3.63, 3.8) is 0 Å². The minimum atomic E-state index is -0.160. The number of para-hydroxylation sites is 2. The van der Waals surface area contributed by atoms with Crippen LogP contribution in [0.3, 0.4) is 0 Å². The molecule has 4 nitrogen and oxygen atoms in total. The number of rotatable bonds is 6. The Hall–Kier alpha value is -3.58. The first-order valence-electron chi connectivity index (χ1n) is 8.39. The Morgan fingerprint density at radius 3 is 2.19 bits per heavy atom. The maximum Gasteiger partial charge on any atom is 0.243 e. The molecule has 0 fully saturated rings. The van der Waals surface area contributed by atoms with Crippen molar-refractivity contribution < 1.29 is 4.79 Å². The molecule has 3 aromatic rings. The minimum Gasteiger partial charge on any atom is -0.358 e. The number of benzene rings is 3. The summed E-state index contributed by atoms with van der Waals surface area (Å²) in [6, 6.07) is 29.0. The Bertz CT molecular complexity index is 901. The van der Waals surface area contributed by atoms with Crippen LogP contribution in [0.15, 0.2) is 84.9 Å². The number of nitrogens with one attached hydrogen (secondary N) is 1. The summed E-state index contributed by atoms with van der Waals surface area (Å²) in [6.07, 6.45) is 0. The maximum atomic E-state index is 12.6. The van der Waals surface area contributed by atoms with Crippen LogP contribution in [0.5, 0.6) is 0 Å². The third-order valence-electron chi connectivity index (χ3n) is 3.99. The van der Waals surface area contributed by atoms with Gasteiger partial charge in [-0.2, -0.15) is 5.26 Å². The van der Waals surface area contributed by atoms with Gasteiger partial charge < -0.3 is 10.2 Å². The molecule has 1 amide bonds. The van der Waals surface area contributed by atoms with Crippen molar-refractivity contribution >= 4 is 17.3 Å². The van der Waals surface area contributed by atoms with E-state index in [2.05, 4.69) is 11.4 Å². The van der Waals surface area contributed by atoms with Crippen LogP contribution < -0.4 is 10.2 Å². The van der Waals surface area contributed by atoms with E-state index in [0.717, 1.165) is 11.3 Å². The van der Waals surface area contributed by atoms with Crippen molar-refractivity contribution in [3.05, 3.63) is 96.1 Å². The Labute approximate surface area is 153 Å². The molecule has 0 spiro atoms. The predicted octanol–water partition coefficient (Wildman–Crippen LogP) is 4.20. The van der Waals surface area contributed by atoms with Crippen LogP contribution in [0, 0.1) is 11.3 Å². The van der Waals surface area contributed by atoms with Crippen LogP contribution >= 0.6 is 0 Å². The summed E-state index contributed by atoms with van der Waals surface area (Å²) in [7, 11) is 0. The molecule has 0 radical (unpaired) electrons. The molecule has 1 N–H and O–H groups in total. The molecule has 0 heterocycles. The Morgan fingerprint density at radius 2 is 1.50 bits per heavy atom. The van der Waals surface area contributed by atoms with Gasteiger partial charge in [0.15, 0.2) is 0 Å². The van der Waals surface area contributed by atoms with Crippen molar-refractivity contribution in [2.24, 2.45) is 0 Å². The van der Waals surface area contributed by atoms with Crippen LogP contribution in [0.1, 0.15) is 11.1 Å². The largest absolute Gasteiger partial charge is 0.358 e. The van der Waals surface area contributed by atoms with Crippen molar-refractivity contribution in [1.29, 1.82) is 5.26 Å². The zero-order valence-electron chi connectivity index (χ0n) is 14.3. The second-order valence-electron chi connectivity index (χ2n) is 5.88. The fourth-order valence-corrected chi connectivity index (χ4v) is 2.73. The van der Waals surface area contributed by atoms with E-state index in [9.17, 15) is 10.1 Å². The van der Waals surface area contributed by atoms with Gasteiger partial charge in [-0.3, -0.25) is 4.79 Å². The number of nitrogens with zero attached hydrogens (tertiary/aromatic N) is 2. The van der Waals surface area contributed by atoms with Gasteiger partial charge in [0.2, 0.25) is 5.91 Å². The van der Waals surface area contributed by atoms with Crippen molar-refractivity contribution in [2.45, 2.75) is 6.54 Å². The Morgan fingerprint density at radius 1 is 0.885 bits per heavy atom. The maximum absolute atomic E-state index is 12.6. The summed E-state index contributed by atoms with van der Waals surface area (Å²) in [5.41, 5.74) is 3.09. The lowest BCUT2D eigenvalue weighted by Crippen LogP contribution is -2.33. The molecular weight excluding hydrogens is 322 g/mol. The molecule has 0 saturated heterocycles. The Balaban J connectivity index is 1.77. The van der Waals surface area contributed by atoms with Gasteiger partial charge in [0.05, 0.1) is 17.8 Å². The van der Waals surface area contributed by atoms with Crippen LogP contribution in [0.2, 0.25) is 0 Å². The molecule has 3 aromatic carbocycles. The van der Waals surface area contributed by atoms with E-state index in [1.807, 2.05) is 65.6 Å². The van der Waals surface area contributed by atoms with Crippen LogP contribution in [-0.2, 0) is 11.3 Å². The number of nitriles is 1. The molecular formula is C22H19N3O. The highest BCUT2D eigenvalue weighted by Crippen LogP contribution is 2.18. The molecule has 0 unspecified atom stereocenters. The summed E-state index contributed by atoms with van der Waals surface area (Å²) in [6.45, 7) is 0.816. The molecule has 0 bridgehead atoms. The normalized spacial score (nSPS) is 9.96. The third-order valence-corrected chi connectivity index (χ3v) is 3.99. The van der Waals surface area contributed by atoms with E-state index in [4.69, 9.17) is 0 Å². The zero-order valence-corrected chi connectivity index (χ0v) is 14.3. The molecule has 4 heteroatoms. The molecule has 0 aliphatic heterocycles. The van der Waals surface area contributed by atoms with Crippen LogP contribution in [-0.4, -0.2) is 12.5 Å². The minimum absolute atomic E-state index is 0.160. The molecule has 128 valence electrons. The van der Waals surface area contributed by atoms with E-state index >= 15 is 0 Å². The number of carbonyl (C=O) groups is 1. The van der Waals surface area contributed by atoms with E-state index < -0.39 is 0 Å². The summed E-state index contributed by atoms with van der Waals surface area (Å²) in [5, 5.41) is 12.0. The standard InChI is InChI=1S/C22H19N3O/c23-15-19-11-7-8-14-21(19)24-22(26)17-25(20-12-5-2-6-13-20)16-18-9-3-1-4-10-18/h1-14H,16-17H2,(H,24,26). The van der Waals surface area contributed by atoms with Gasteiger partial charge in [-0.05, 0) is 29.8 Å². The molecule has 0 atom stereocenters. The highest BCUT2D eigenvalue weighted by Gasteiger charge is 2.13. The predicted molar refractivity (Wildman–Crippen MR) is 104 cm³/mol. The first-order chi connectivity index (χ1) is 12.8. The van der Waals surface area contributed by atoms with Crippen molar-refractivity contribution in [3.8, 4) is 6.07 Å². The van der Waals surface area contributed by atoms with Crippen molar-refractivity contribution in [2.75, 3.05) is 16.8 Å². The van der Waals surface area contributed by atoms with E-state index in [0.29, 0.717) is 17.8 Å². The van der Waals surface area contributed by atoms with Gasteiger partial charge in [-0.15, -0.1) is 0 Å². The SMILES string of the molecule is N#Cc1ccccc1NC(=O)CN(Cc1ccccc1)c1ccccc1. The number of anilines is 2. The van der Waals surface area contributed by atoms with E-state index in [1.54, 1.807) is 24.3 Å². The van der Waals surface area contributed by atoms with Gasteiger partial charge in [-0.1, -0.05) is 60.7 Å². The topological polar surface area (TPSA) is 56.1 Å². The summed E-state index contributed by atoms with van der Waals surface area (Å²) in [4.78, 5) is 14.6. The average molecular weight is 341 g/mol. The first-order valence-corrected chi connectivity index (χ1v) is 8.39. The fourth-order valence-electron chi connectivity index (χ4n) is 2.73. The van der Waals surface area contributed by atoms with Gasteiger partial charge >= 0.3 is 0 Å². The number of hydrogen-bond acceptors (Lipinski definition) is 3. The lowest BCUT2D eigenvalue weighted by molar-refractivity contribution is -0.115. The van der Waals surface area contributed by atoms with Gasteiger partial charge in [-0.25, -0.2) is 0 Å². The molecule has 0 aromatic heterocycles. The second kappa shape index (κ2) is 8.50. The molecule has 0 aliphatic rings. The van der Waals surface area contributed by atoms with Gasteiger partial charge in [0.1, 0.15) is 6.07 Å². The summed E-state index contributed by atoms with van der Waals surface area (Å²) < 4.78 is 0. The molecule has 3 rings (SSSR count). The average Bonchev–Trinajstić information content (AvgIpc) is 2.69. The molecule has 0 aliphatic carbocycles. The van der Waals surface area contributed by atoms with E-state index in [1.165, 1.54) is 0 Å². The molecule has 26 heavy (non-hydrogen) atoms. The first kappa shape index (κ1) is 17.2. The second-order valence-corrected chi connectivity index (χ2v) is 5.88. The van der Waals surface area contributed by atoms with Crippen LogP contribution in [0.4, 0.5) is 11.4 Å². The Kier molecular flexibility index (Phi) is 5.64. The van der Waals surface area contributed by atoms with E-state index in [-0.39, 0.29) is 12.5 Å². The number of amides is 1. The lowest BCUT2D eigenvalue weighted by atomic mass is 10.2. The highest BCUT2D eigenvalue weighted by atomic mass is 16.2. The summed E-state index contributed by atoms with van der Waals surface area (Å²) >= 11 is 0. The fraction of sp³-hybridized carbons (Fsp3) is 0.0909. The monoisotopic (exact) mass is 341 g/mol. The number of hydrogen-bond donors (Lipinski definition) is 1. The number of carbonyl (C=O) groups excluding carboxylic acids is 1. The smallest absolute Gasteiger partial charge is 0.243 e. The quantitative estimate of drug-likeness (QED) is 0.731. The zero-order chi connectivity index (χ0) is 18.2. The molecule has 0 saturated carbocycles. The highest BCUT2D eigenvalue weighted by molar-refractivity contribution is 5.95. The van der Waals surface area contributed by atoms with Crippen molar-refractivity contribution in [1.82, 2.24) is 0 Å². The van der Waals surface area contributed by atoms with Gasteiger partial charge in [0, 0.05) is 12.2 Å².